The highest BCUT2D eigenvalue weighted by Gasteiger charge is 2.10. The highest BCUT2D eigenvalue weighted by atomic mass is 35.5. The van der Waals surface area contributed by atoms with Crippen molar-refractivity contribution in [3.63, 3.8) is 0 Å². The van der Waals surface area contributed by atoms with Gasteiger partial charge in [-0.1, -0.05) is 11.6 Å². The number of carboxylic acids is 1. The van der Waals surface area contributed by atoms with Crippen molar-refractivity contribution in [1.29, 1.82) is 0 Å². The lowest BCUT2D eigenvalue weighted by Gasteiger charge is -2.00. The van der Waals surface area contributed by atoms with Crippen LogP contribution in [0.25, 0.3) is 10.9 Å². The molecule has 0 bridgehead atoms. The first kappa shape index (κ1) is 11.0. The first-order valence-electron chi connectivity index (χ1n) is 4.91. The van der Waals surface area contributed by atoms with E-state index in [4.69, 9.17) is 16.7 Å². The van der Waals surface area contributed by atoms with Crippen LogP contribution in [0, 0.1) is 0 Å². The Kier molecular flexibility index (Phi) is 2.83. The molecule has 1 aromatic heterocycles. The van der Waals surface area contributed by atoms with Crippen LogP contribution in [-0.2, 0) is 18.3 Å². The fourth-order valence-electron chi connectivity index (χ4n) is 1.74. The number of nitrogens with zero attached hydrogens (tertiary/aromatic N) is 2. The SMILES string of the molecule is Cn1nc2ccc(Cl)cc2c1CCC(=O)O. The van der Waals surface area contributed by atoms with Crippen LogP contribution in [-0.4, -0.2) is 20.9 Å². The predicted molar refractivity (Wildman–Crippen MR) is 61.7 cm³/mol. The molecule has 84 valence electrons. The minimum atomic E-state index is -0.809. The summed E-state index contributed by atoms with van der Waals surface area (Å²) in [6.07, 6.45) is 0.559. The Morgan fingerprint density at radius 2 is 2.31 bits per heavy atom. The smallest absolute Gasteiger partial charge is 0.303 e. The molecule has 1 N–H and O–H groups in total. The summed E-state index contributed by atoms with van der Waals surface area (Å²) in [6.45, 7) is 0. The second-order valence-electron chi connectivity index (χ2n) is 3.63. The zero-order valence-corrected chi connectivity index (χ0v) is 9.53. The second kappa shape index (κ2) is 4.14. The molecule has 1 aromatic carbocycles. The largest absolute Gasteiger partial charge is 0.481 e. The van der Waals surface area contributed by atoms with Crippen LogP contribution in [0.1, 0.15) is 12.1 Å². The topological polar surface area (TPSA) is 55.1 Å². The summed E-state index contributed by atoms with van der Waals surface area (Å²) in [6, 6.07) is 5.43. The standard InChI is InChI=1S/C11H11ClN2O2/c1-14-10(4-5-11(15)16)8-6-7(12)2-3-9(8)13-14/h2-3,6H,4-5H2,1H3,(H,15,16). The van der Waals surface area contributed by atoms with E-state index in [9.17, 15) is 4.79 Å². The number of aromatic nitrogens is 2. The monoisotopic (exact) mass is 238 g/mol. The van der Waals surface area contributed by atoms with Crippen LogP contribution in [0.15, 0.2) is 18.2 Å². The Morgan fingerprint density at radius 3 is 3.00 bits per heavy atom. The molecule has 4 nitrogen and oxygen atoms in total. The van der Waals surface area contributed by atoms with Gasteiger partial charge >= 0.3 is 5.97 Å². The molecule has 0 aliphatic rings. The van der Waals surface area contributed by atoms with Crippen LogP contribution in [0.5, 0.6) is 0 Å². The lowest BCUT2D eigenvalue weighted by Crippen LogP contribution is -2.03. The van der Waals surface area contributed by atoms with E-state index in [0.717, 1.165) is 16.6 Å². The van der Waals surface area contributed by atoms with E-state index in [2.05, 4.69) is 5.10 Å². The molecule has 0 unspecified atom stereocenters. The van der Waals surface area contributed by atoms with Gasteiger partial charge in [-0.05, 0) is 18.2 Å². The zero-order chi connectivity index (χ0) is 11.7. The number of benzene rings is 1. The normalized spacial score (nSPS) is 10.9. The van der Waals surface area contributed by atoms with Crippen molar-refractivity contribution < 1.29 is 9.90 Å². The summed E-state index contributed by atoms with van der Waals surface area (Å²) < 4.78 is 1.71. The maximum absolute atomic E-state index is 10.6. The van der Waals surface area contributed by atoms with Crippen LogP contribution in [0.2, 0.25) is 5.02 Å². The van der Waals surface area contributed by atoms with Crippen molar-refractivity contribution >= 4 is 28.5 Å². The van der Waals surface area contributed by atoms with E-state index in [-0.39, 0.29) is 6.42 Å². The molecule has 0 saturated carbocycles. The molecular weight excluding hydrogens is 228 g/mol. The van der Waals surface area contributed by atoms with Crippen molar-refractivity contribution in [2.75, 3.05) is 0 Å². The molecule has 0 radical (unpaired) electrons. The molecule has 0 aliphatic heterocycles. The van der Waals surface area contributed by atoms with Gasteiger partial charge in [0.2, 0.25) is 0 Å². The maximum Gasteiger partial charge on any atom is 0.303 e. The first-order valence-corrected chi connectivity index (χ1v) is 5.28. The Balaban J connectivity index is 2.45. The molecule has 2 aromatic rings. The Bertz CT molecular complexity index is 548. The van der Waals surface area contributed by atoms with Gasteiger partial charge in [-0.15, -0.1) is 0 Å². The van der Waals surface area contributed by atoms with Crippen molar-refractivity contribution in [3.8, 4) is 0 Å². The van der Waals surface area contributed by atoms with Gasteiger partial charge in [-0.25, -0.2) is 0 Å². The molecule has 0 atom stereocenters. The maximum atomic E-state index is 10.6. The third-order valence-corrected chi connectivity index (χ3v) is 2.73. The van der Waals surface area contributed by atoms with Gasteiger partial charge in [0.25, 0.3) is 0 Å². The van der Waals surface area contributed by atoms with Gasteiger partial charge in [0.1, 0.15) is 0 Å². The lowest BCUT2D eigenvalue weighted by molar-refractivity contribution is -0.136. The number of halogens is 1. The quantitative estimate of drug-likeness (QED) is 0.892. The van der Waals surface area contributed by atoms with Gasteiger partial charge in [-0.3, -0.25) is 9.48 Å². The minimum Gasteiger partial charge on any atom is -0.481 e. The molecule has 0 spiro atoms. The third-order valence-electron chi connectivity index (χ3n) is 2.49. The van der Waals surface area contributed by atoms with E-state index in [1.165, 1.54) is 0 Å². The molecule has 0 amide bonds. The molecule has 16 heavy (non-hydrogen) atoms. The summed E-state index contributed by atoms with van der Waals surface area (Å²) in [5.41, 5.74) is 1.74. The van der Waals surface area contributed by atoms with Crippen molar-refractivity contribution in [2.45, 2.75) is 12.8 Å². The number of rotatable bonds is 3. The van der Waals surface area contributed by atoms with Crippen LogP contribution < -0.4 is 0 Å². The number of hydrogen-bond acceptors (Lipinski definition) is 2. The van der Waals surface area contributed by atoms with E-state index >= 15 is 0 Å². The number of carbonyl (C=O) groups is 1. The van der Waals surface area contributed by atoms with Gasteiger partial charge in [-0.2, -0.15) is 5.10 Å². The first-order chi connectivity index (χ1) is 7.58. The van der Waals surface area contributed by atoms with Crippen molar-refractivity contribution in [3.05, 3.63) is 28.9 Å². The fraction of sp³-hybridized carbons (Fsp3) is 0.273. The van der Waals surface area contributed by atoms with E-state index in [0.29, 0.717) is 11.4 Å². The van der Waals surface area contributed by atoms with Crippen LogP contribution >= 0.6 is 11.6 Å². The summed E-state index contributed by atoms with van der Waals surface area (Å²) >= 11 is 5.91. The fourth-order valence-corrected chi connectivity index (χ4v) is 1.92. The van der Waals surface area contributed by atoms with Gasteiger partial charge < -0.3 is 5.11 Å². The average molecular weight is 239 g/mol. The average Bonchev–Trinajstić information content (AvgIpc) is 2.51. The summed E-state index contributed by atoms with van der Waals surface area (Å²) in [5, 5.41) is 14.5. The number of hydrogen-bond donors (Lipinski definition) is 1. The van der Waals surface area contributed by atoms with E-state index < -0.39 is 5.97 Å². The second-order valence-corrected chi connectivity index (χ2v) is 4.06. The third kappa shape index (κ3) is 2.02. The van der Waals surface area contributed by atoms with Crippen LogP contribution in [0.4, 0.5) is 0 Å². The number of aliphatic carboxylic acids is 1. The lowest BCUT2D eigenvalue weighted by atomic mass is 10.1. The Labute approximate surface area is 97.4 Å². The molecule has 2 rings (SSSR count). The highest BCUT2D eigenvalue weighted by Crippen LogP contribution is 2.22. The Morgan fingerprint density at radius 1 is 1.56 bits per heavy atom. The van der Waals surface area contributed by atoms with Gasteiger partial charge in [0, 0.05) is 29.6 Å². The van der Waals surface area contributed by atoms with Gasteiger partial charge in [0.05, 0.1) is 11.9 Å². The van der Waals surface area contributed by atoms with Crippen molar-refractivity contribution in [1.82, 2.24) is 9.78 Å². The number of fused-ring (bicyclic) bond motifs is 1. The van der Waals surface area contributed by atoms with E-state index in [1.54, 1.807) is 10.7 Å². The minimum absolute atomic E-state index is 0.0984. The van der Waals surface area contributed by atoms with Crippen LogP contribution in [0.3, 0.4) is 0 Å². The molecule has 1 heterocycles. The van der Waals surface area contributed by atoms with Crippen molar-refractivity contribution in [2.24, 2.45) is 7.05 Å². The molecule has 0 saturated heterocycles. The summed E-state index contributed by atoms with van der Waals surface area (Å²) in [5.74, 6) is -0.809. The summed E-state index contributed by atoms with van der Waals surface area (Å²) in [4.78, 5) is 10.6. The predicted octanol–water partition coefficient (Wildman–Crippen LogP) is 2.24. The molecule has 5 heteroatoms. The van der Waals surface area contributed by atoms with E-state index in [1.807, 2.05) is 19.2 Å². The highest BCUT2D eigenvalue weighted by molar-refractivity contribution is 6.31. The number of aryl methyl sites for hydroxylation is 2. The summed E-state index contributed by atoms with van der Waals surface area (Å²) in [7, 11) is 1.81. The van der Waals surface area contributed by atoms with Gasteiger partial charge in [0.15, 0.2) is 0 Å². The molecule has 0 fully saturated rings. The number of carboxylic acid groups (broad SMARTS) is 1. The Hall–Kier alpha value is -1.55. The molecule has 0 aliphatic carbocycles. The molecular formula is C11H11ClN2O2. The zero-order valence-electron chi connectivity index (χ0n) is 8.77.